The molecule has 0 aliphatic heterocycles. The molecule has 6 heteroatoms. The zero-order chi connectivity index (χ0) is 15.2. The number of nitrogens with one attached hydrogen (secondary N) is 1. The van der Waals surface area contributed by atoms with E-state index in [1.54, 1.807) is 19.2 Å². The summed E-state index contributed by atoms with van der Waals surface area (Å²) in [6.45, 7) is 2.58. The zero-order valence-corrected chi connectivity index (χ0v) is 12.0. The van der Waals surface area contributed by atoms with Crippen LogP contribution in [0.25, 0.3) is 0 Å². The van der Waals surface area contributed by atoms with Gasteiger partial charge in [-0.05, 0) is 31.0 Å². The highest BCUT2D eigenvalue weighted by Gasteiger charge is 2.06. The van der Waals surface area contributed by atoms with Gasteiger partial charge in [0.1, 0.15) is 12.1 Å². The lowest BCUT2D eigenvalue weighted by molar-refractivity contribution is 0.0697. The third-order valence-corrected chi connectivity index (χ3v) is 3.14. The lowest BCUT2D eigenvalue weighted by Crippen LogP contribution is -2.09. The molecule has 6 nitrogen and oxygen atoms in total. The van der Waals surface area contributed by atoms with Crippen LogP contribution in [0.1, 0.15) is 21.5 Å². The Labute approximate surface area is 122 Å². The van der Waals surface area contributed by atoms with Crippen molar-refractivity contribution in [3.63, 3.8) is 0 Å². The van der Waals surface area contributed by atoms with Crippen LogP contribution < -0.4 is 10.1 Å². The van der Waals surface area contributed by atoms with Gasteiger partial charge in [-0.2, -0.15) is 0 Å². The highest BCUT2D eigenvalue weighted by Crippen LogP contribution is 2.19. The van der Waals surface area contributed by atoms with E-state index in [0.717, 1.165) is 23.4 Å². The fraction of sp³-hybridized carbons (Fsp3) is 0.267. The second-order valence-corrected chi connectivity index (χ2v) is 4.54. The van der Waals surface area contributed by atoms with Gasteiger partial charge in [-0.15, -0.1) is 0 Å². The van der Waals surface area contributed by atoms with E-state index in [1.165, 1.54) is 6.33 Å². The molecule has 0 fully saturated rings. The molecule has 0 aliphatic carbocycles. The van der Waals surface area contributed by atoms with Crippen molar-refractivity contribution in [3.05, 3.63) is 47.3 Å². The number of carboxylic acids is 1. The molecule has 0 radical (unpaired) electrons. The van der Waals surface area contributed by atoms with Gasteiger partial charge in [-0.1, -0.05) is 12.1 Å². The minimum Gasteiger partial charge on any atom is -0.481 e. The lowest BCUT2D eigenvalue weighted by Gasteiger charge is -2.10. The van der Waals surface area contributed by atoms with Crippen LogP contribution in [-0.4, -0.2) is 34.7 Å². The number of aromatic carboxylic acids is 1. The maximum Gasteiger partial charge on any atom is 0.335 e. The molecule has 0 spiro atoms. The average Bonchev–Trinajstić information content (AvgIpc) is 2.49. The first-order valence-corrected chi connectivity index (χ1v) is 6.53. The van der Waals surface area contributed by atoms with E-state index < -0.39 is 5.97 Å². The third-order valence-electron chi connectivity index (χ3n) is 3.14. The minimum absolute atomic E-state index is 0.295. The summed E-state index contributed by atoms with van der Waals surface area (Å²) in [5, 5.41) is 12.1. The van der Waals surface area contributed by atoms with Crippen LogP contribution in [0.4, 0.5) is 5.82 Å². The molecule has 110 valence electrons. The molecule has 0 saturated carbocycles. The van der Waals surface area contributed by atoms with E-state index in [0.29, 0.717) is 18.0 Å². The smallest absolute Gasteiger partial charge is 0.335 e. The van der Waals surface area contributed by atoms with Crippen molar-refractivity contribution >= 4 is 11.8 Å². The Kier molecular flexibility index (Phi) is 4.71. The van der Waals surface area contributed by atoms with Crippen molar-refractivity contribution in [3.8, 4) is 5.88 Å². The van der Waals surface area contributed by atoms with Crippen LogP contribution >= 0.6 is 0 Å². The quantitative estimate of drug-likeness (QED) is 0.847. The van der Waals surface area contributed by atoms with Gasteiger partial charge in [0, 0.05) is 6.54 Å². The van der Waals surface area contributed by atoms with Crippen molar-refractivity contribution in [2.75, 3.05) is 19.0 Å². The van der Waals surface area contributed by atoms with Crippen molar-refractivity contribution in [2.24, 2.45) is 0 Å². The molecule has 2 N–H and O–H groups in total. The Morgan fingerprint density at radius 3 is 2.62 bits per heavy atom. The summed E-state index contributed by atoms with van der Waals surface area (Å²) in [5.41, 5.74) is 2.22. The molecule has 0 bridgehead atoms. The molecule has 0 aliphatic rings. The van der Waals surface area contributed by atoms with E-state index in [-0.39, 0.29) is 0 Å². The van der Waals surface area contributed by atoms with Gasteiger partial charge >= 0.3 is 5.97 Å². The molecule has 2 aromatic rings. The SMILES string of the molecule is COc1ncnc(NCCc2ccc(C(=O)O)cc2)c1C. The molecule has 1 heterocycles. The molecule has 1 aromatic carbocycles. The number of ether oxygens (including phenoxy) is 1. The summed E-state index contributed by atoms with van der Waals surface area (Å²) in [6.07, 6.45) is 2.22. The molecule has 0 unspecified atom stereocenters. The molecule has 0 saturated heterocycles. The highest BCUT2D eigenvalue weighted by molar-refractivity contribution is 5.87. The number of hydrogen-bond acceptors (Lipinski definition) is 5. The van der Waals surface area contributed by atoms with Crippen molar-refractivity contribution < 1.29 is 14.6 Å². The monoisotopic (exact) mass is 287 g/mol. The number of benzene rings is 1. The Bertz CT molecular complexity index is 627. The maximum atomic E-state index is 10.8. The Morgan fingerprint density at radius 1 is 1.29 bits per heavy atom. The van der Waals surface area contributed by atoms with Crippen molar-refractivity contribution in [2.45, 2.75) is 13.3 Å². The van der Waals surface area contributed by atoms with Crippen LogP contribution in [-0.2, 0) is 6.42 Å². The van der Waals surface area contributed by atoms with Gasteiger partial charge in [0.2, 0.25) is 5.88 Å². The minimum atomic E-state index is -0.914. The first-order chi connectivity index (χ1) is 10.1. The summed E-state index contributed by atoms with van der Waals surface area (Å²) in [4.78, 5) is 19.0. The largest absolute Gasteiger partial charge is 0.481 e. The second-order valence-electron chi connectivity index (χ2n) is 4.54. The predicted molar refractivity (Wildman–Crippen MR) is 78.9 cm³/mol. The van der Waals surface area contributed by atoms with Gasteiger partial charge in [-0.3, -0.25) is 0 Å². The van der Waals surface area contributed by atoms with Crippen molar-refractivity contribution in [1.82, 2.24) is 9.97 Å². The number of carboxylic acid groups (broad SMARTS) is 1. The number of nitrogens with zero attached hydrogens (tertiary/aromatic N) is 2. The zero-order valence-electron chi connectivity index (χ0n) is 12.0. The van der Waals surface area contributed by atoms with Gasteiger partial charge in [0.15, 0.2) is 0 Å². The first kappa shape index (κ1) is 14.8. The van der Waals surface area contributed by atoms with Gasteiger partial charge in [0.25, 0.3) is 0 Å². The van der Waals surface area contributed by atoms with Gasteiger partial charge in [0.05, 0.1) is 18.2 Å². The number of methoxy groups -OCH3 is 1. The molecule has 0 amide bonds. The van der Waals surface area contributed by atoms with E-state index in [2.05, 4.69) is 15.3 Å². The summed E-state index contributed by atoms with van der Waals surface area (Å²) in [7, 11) is 1.57. The Hall–Kier alpha value is -2.63. The number of carbonyl (C=O) groups is 1. The van der Waals surface area contributed by atoms with Crippen molar-refractivity contribution in [1.29, 1.82) is 0 Å². The third kappa shape index (κ3) is 3.68. The molecule has 21 heavy (non-hydrogen) atoms. The molecule has 1 aromatic heterocycles. The summed E-state index contributed by atoms with van der Waals surface area (Å²) in [5.74, 6) is 0.380. The maximum absolute atomic E-state index is 10.8. The molecule has 0 atom stereocenters. The van der Waals surface area contributed by atoms with E-state index >= 15 is 0 Å². The van der Waals surface area contributed by atoms with Crippen LogP contribution in [0.3, 0.4) is 0 Å². The predicted octanol–water partition coefficient (Wildman–Crippen LogP) is 2.15. The van der Waals surface area contributed by atoms with Gasteiger partial charge < -0.3 is 15.2 Å². The fourth-order valence-corrected chi connectivity index (χ4v) is 1.96. The fourth-order valence-electron chi connectivity index (χ4n) is 1.96. The van der Waals surface area contributed by atoms with E-state index in [1.807, 2.05) is 19.1 Å². The van der Waals surface area contributed by atoms with E-state index in [4.69, 9.17) is 9.84 Å². The molecular formula is C15H17N3O3. The lowest BCUT2D eigenvalue weighted by atomic mass is 10.1. The average molecular weight is 287 g/mol. The highest BCUT2D eigenvalue weighted by atomic mass is 16.5. The Balaban J connectivity index is 1.94. The Morgan fingerprint density at radius 2 is 2.00 bits per heavy atom. The normalized spacial score (nSPS) is 10.2. The van der Waals surface area contributed by atoms with E-state index in [9.17, 15) is 4.79 Å². The summed E-state index contributed by atoms with van der Waals surface area (Å²) < 4.78 is 5.14. The number of anilines is 1. The molecular weight excluding hydrogens is 270 g/mol. The number of hydrogen-bond donors (Lipinski definition) is 2. The number of aromatic nitrogens is 2. The number of rotatable bonds is 6. The second kappa shape index (κ2) is 6.69. The van der Waals surface area contributed by atoms with Crippen LogP contribution in [0, 0.1) is 6.92 Å². The topological polar surface area (TPSA) is 84.3 Å². The summed E-state index contributed by atoms with van der Waals surface area (Å²) >= 11 is 0. The van der Waals surface area contributed by atoms with Crippen LogP contribution in [0.2, 0.25) is 0 Å². The standard InChI is InChI=1S/C15H17N3O3/c1-10-13(17-9-18-14(10)21-2)16-8-7-11-3-5-12(6-4-11)15(19)20/h3-6,9H,7-8H2,1-2H3,(H,19,20)(H,16,17,18). The first-order valence-electron chi connectivity index (χ1n) is 6.53. The van der Waals surface area contributed by atoms with Crippen LogP contribution in [0.15, 0.2) is 30.6 Å². The van der Waals surface area contributed by atoms with Gasteiger partial charge in [-0.25, -0.2) is 14.8 Å². The molecule has 2 rings (SSSR count). The summed E-state index contributed by atoms with van der Waals surface area (Å²) in [6, 6.07) is 6.85. The van der Waals surface area contributed by atoms with Crippen LogP contribution in [0.5, 0.6) is 5.88 Å².